The molecule has 1 heterocycles. The van der Waals surface area contributed by atoms with Crippen LogP contribution in [0, 0.1) is 5.41 Å². The van der Waals surface area contributed by atoms with Crippen LogP contribution in [0.25, 0.3) is 11.6 Å². The zero-order valence-corrected chi connectivity index (χ0v) is 6.83. The average Bonchev–Trinajstić information content (AvgIpc) is 2.66. The highest BCUT2D eigenvalue weighted by Gasteiger charge is 2.21. The van der Waals surface area contributed by atoms with Gasteiger partial charge in [0.15, 0.2) is 0 Å². The van der Waals surface area contributed by atoms with E-state index >= 15 is 0 Å². The Balaban J connectivity index is 2.54. The highest BCUT2D eigenvalue weighted by Crippen LogP contribution is 2.08. The maximum absolute atomic E-state index is 7.62. The number of amidine groups is 1. The van der Waals surface area contributed by atoms with Gasteiger partial charge in [0.25, 0.3) is 0 Å². The summed E-state index contributed by atoms with van der Waals surface area (Å²) in [6.07, 6.45) is 2.00. The summed E-state index contributed by atoms with van der Waals surface area (Å²) in [5.74, 6) is 0.399. The van der Waals surface area contributed by atoms with Gasteiger partial charge in [-0.25, -0.2) is 0 Å². The Hall–Kier alpha value is -1.90. The summed E-state index contributed by atoms with van der Waals surface area (Å²) >= 11 is 0. The van der Waals surface area contributed by atoms with Crippen LogP contribution in [0.1, 0.15) is 0 Å². The van der Waals surface area contributed by atoms with Crippen molar-refractivity contribution in [3.05, 3.63) is 34.7 Å². The van der Waals surface area contributed by atoms with Gasteiger partial charge in [0, 0.05) is 0 Å². The fraction of sp³-hybridized carbons (Fsp3) is 0. The summed E-state index contributed by atoms with van der Waals surface area (Å²) in [4.78, 5) is 0. The van der Waals surface area contributed by atoms with E-state index in [0.29, 0.717) is 5.84 Å². The van der Waals surface area contributed by atoms with Crippen molar-refractivity contribution >= 4 is 23.2 Å². The second-order valence-corrected chi connectivity index (χ2v) is 3.09. The van der Waals surface area contributed by atoms with E-state index in [1.807, 2.05) is 30.3 Å². The van der Waals surface area contributed by atoms with Crippen molar-refractivity contribution in [3.63, 3.8) is 0 Å². The zero-order chi connectivity index (χ0) is 8.84. The largest absolute Gasteiger partial charge is 0.283 e. The van der Waals surface area contributed by atoms with Crippen LogP contribution in [0.3, 0.4) is 0 Å². The van der Waals surface area contributed by atoms with Gasteiger partial charge < -0.3 is 0 Å². The first-order chi connectivity index (χ1) is 6.36. The second-order valence-electron chi connectivity index (χ2n) is 3.09. The predicted octanol–water partition coefficient (Wildman–Crippen LogP) is -0.432. The van der Waals surface area contributed by atoms with E-state index in [1.165, 1.54) is 0 Å². The van der Waals surface area contributed by atoms with Gasteiger partial charge in [0.05, 0.1) is 11.3 Å². The van der Waals surface area contributed by atoms with E-state index in [0.717, 1.165) is 21.7 Å². The molecular formula is C10H7N3. The molecule has 0 saturated heterocycles. The van der Waals surface area contributed by atoms with Gasteiger partial charge in [-0.3, -0.25) is 10.8 Å². The van der Waals surface area contributed by atoms with Gasteiger partial charge in [-0.1, -0.05) is 24.3 Å². The molecule has 0 amide bonds. The molecule has 62 valence electrons. The number of hydrogen-bond acceptors (Lipinski definition) is 2. The van der Waals surface area contributed by atoms with Crippen molar-refractivity contribution in [2.75, 3.05) is 0 Å². The molecule has 0 bridgehead atoms. The maximum atomic E-state index is 7.62. The summed E-state index contributed by atoms with van der Waals surface area (Å²) in [5.41, 5.74) is 4.47. The number of hydrogen-bond donors (Lipinski definition) is 2. The Labute approximate surface area is 74.6 Å². The van der Waals surface area contributed by atoms with Crippen molar-refractivity contribution in [3.8, 4) is 0 Å². The average molecular weight is 169 g/mol. The lowest BCUT2D eigenvalue weighted by atomic mass is 10.1. The molecule has 1 aromatic rings. The van der Waals surface area contributed by atoms with E-state index in [1.54, 1.807) is 0 Å². The number of hydrazone groups is 1. The lowest BCUT2D eigenvalue weighted by Crippen LogP contribution is -2.26. The predicted molar refractivity (Wildman–Crippen MR) is 51.9 cm³/mol. The Bertz CT molecular complexity index is 552. The fourth-order valence-electron chi connectivity index (χ4n) is 1.73. The van der Waals surface area contributed by atoms with Crippen molar-refractivity contribution < 1.29 is 0 Å². The van der Waals surface area contributed by atoms with Gasteiger partial charge in [0.2, 0.25) is 0 Å². The highest BCUT2D eigenvalue weighted by atomic mass is 15.3. The summed E-state index contributed by atoms with van der Waals surface area (Å²) < 4.78 is 0. The molecule has 0 atom stereocenters. The molecule has 0 fully saturated rings. The number of rotatable bonds is 0. The van der Waals surface area contributed by atoms with E-state index in [9.17, 15) is 0 Å². The monoisotopic (exact) mass is 169 g/mol. The first-order valence-corrected chi connectivity index (χ1v) is 4.10. The van der Waals surface area contributed by atoms with Gasteiger partial charge in [-0.2, -0.15) is 5.10 Å². The SMILES string of the molecule is N=C1NN=C2C=c3ccccc3=C12. The van der Waals surface area contributed by atoms with Crippen molar-refractivity contribution in [1.82, 2.24) is 5.43 Å². The molecule has 13 heavy (non-hydrogen) atoms. The minimum absolute atomic E-state index is 0.399. The Morgan fingerprint density at radius 1 is 1.23 bits per heavy atom. The van der Waals surface area contributed by atoms with Gasteiger partial charge in [-0.05, 0) is 16.5 Å². The minimum atomic E-state index is 0.399. The van der Waals surface area contributed by atoms with Crippen molar-refractivity contribution in [1.29, 1.82) is 5.41 Å². The molecule has 1 aliphatic carbocycles. The highest BCUT2D eigenvalue weighted by molar-refractivity contribution is 6.54. The van der Waals surface area contributed by atoms with Gasteiger partial charge in [0.1, 0.15) is 5.84 Å². The smallest absolute Gasteiger partial charge is 0.148 e. The quantitative estimate of drug-likeness (QED) is 0.544. The third kappa shape index (κ3) is 0.731. The van der Waals surface area contributed by atoms with E-state index in [-0.39, 0.29) is 0 Å². The van der Waals surface area contributed by atoms with Gasteiger partial charge in [-0.15, -0.1) is 0 Å². The summed E-state index contributed by atoms with van der Waals surface area (Å²) in [6.45, 7) is 0. The van der Waals surface area contributed by atoms with Crippen LogP contribution in [0.15, 0.2) is 29.4 Å². The minimum Gasteiger partial charge on any atom is -0.283 e. The van der Waals surface area contributed by atoms with E-state index in [2.05, 4.69) is 10.5 Å². The molecule has 2 N–H and O–H groups in total. The summed E-state index contributed by atoms with van der Waals surface area (Å²) in [6, 6.07) is 8.03. The van der Waals surface area contributed by atoms with Crippen molar-refractivity contribution in [2.45, 2.75) is 0 Å². The zero-order valence-electron chi connectivity index (χ0n) is 6.83. The molecule has 2 aliphatic rings. The van der Waals surface area contributed by atoms with E-state index < -0.39 is 0 Å². The fourth-order valence-corrected chi connectivity index (χ4v) is 1.73. The van der Waals surface area contributed by atoms with Crippen LogP contribution in [0.2, 0.25) is 0 Å². The van der Waals surface area contributed by atoms with Crippen molar-refractivity contribution in [2.24, 2.45) is 5.10 Å². The number of nitrogens with one attached hydrogen (secondary N) is 2. The topological polar surface area (TPSA) is 48.2 Å². The molecule has 3 nitrogen and oxygen atoms in total. The second kappa shape index (κ2) is 2.07. The molecule has 3 rings (SSSR count). The summed E-state index contributed by atoms with van der Waals surface area (Å²) in [5, 5.41) is 13.9. The normalized spacial score (nSPS) is 17.4. The molecule has 0 aromatic heterocycles. The molecule has 3 heteroatoms. The molecule has 0 spiro atoms. The summed E-state index contributed by atoms with van der Waals surface area (Å²) in [7, 11) is 0. The van der Waals surface area contributed by atoms with Crippen LogP contribution < -0.4 is 15.9 Å². The van der Waals surface area contributed by atoms with Crippen LogP contribution in [0.4, 0.5) is 0 Å². The Morgan fingerprint density at radius 2 is 2.08 bits per heavy atom. The maximum Gasteiger partial charge on any atom is 0.148 e. The molecule has 1 aromatic carbocycles. The standard InChI is InChI=1S/C10H7N3/c11-10-9-7-4-2-1-3-6(7)5-8(9)12-13-10/h1-5H,(H2,11,13). The molecule has 1 aliphatic heterocycles. The number of nitrogens with zero attached hydrogens (tertiary/aromatic N) is 1. The molecule has 0 saturated carbocycles. The molecule has 0 radical (unpaired) electrons. The Kier molecular flexibility index (Phi) is 1.05. The van der Waals surface area contributed by atoms with Crippen LogP contribution in [-0.2, 0) is 0 Å². The lowest BCUT2D eigenvalue weighted by Gasteiger charge is -1.92. The van der Waals surface area contributed by atoms with Crippen LogP contribution >= 0.6 is 0 Å². The van der Waals surface area contributed by atoms with E-state index in [4.69, 9.17) is 5.41 Å². The number of benzene rings is 1. The third-order valence-electron chi connectivity index (χ3n) is 2.32. The molecular weight excluding hydrogens is 162 g/mol. The first kappa shape index (κ1) is 6.60. The lowest BCUT2D eigenvalue weighted by molar-refractivity contribution is 1.05. The molecule has 0 unspecified atom stereocenters. The number of fused-ring (bicyclic) bond motifs is 2. The van der Waals surface area contributed by atoms with Crippen LogP contribution in [-0.4, -0.2) is 11.5 Å². The third-order valence-corrected chi connectivity index (χ3v) is 2.32. The Morgan fingerprint density at radius 3 is 3.00 bits per heavy atom. The first-order valence-electron chi connectivity index (χ1n) is 4.10. The van der Waals surface area contributed by atoms with Crippen LogP contribution in [0.5, 0.6) is 0 Å². The van der Waals surface area contributed by atoms with Gasteiger partial charge >= 0.3 is 0 Å².